The summed E-state index contributed by atoms with van der Waals surface area (Å²) in [6.07, 6.45) is 1.77. The summed E-state index contributed by atoms with van der Waals surface area (Å²) in [5.41, 5.74) is 0.927. The molecule has 16 heavy (non-hydrogen) atoms. The van der Waals surface area contributed by atoms with Crippen molar-refractivity contribution >= 4 is 5.82 Å². The minimum atomic E-state index is 0.0822. The van der Waals surface area contributed by atoms with E-state index in [0.717, 1.165) is 31.0 Å². The van der Waals surface area contributed by atoms with Gasteiger partial charge in [0.25, 0.3) is 0 Å². The molecular weight excluding hydrogens is 202 g/mol. The normalized spacial score (nSPS) is 22.4. The van der Waals surface area contributed by atoms with Gasteiger partial charge in [0.05, 0.1) is 6.61 Å². The molecule has 1 aliphatic rings. The molecule has 1 N–H and O–H groups in total. The van der Waals surface area contributed by atoms with Gasteiger partial charge in [0.1, 0.15) is 5.82 Å². The Bertz CT molecular complexity index is 356. The number of anilines is 1. The van der Waals surface area contributed by atoms with Crippen molar-refractivity contribution in [3.8, 4) is 0 Å². The average molecular weight is 221 g/mol. The van der Waals surface area contributed by atoms with E-state index in [1.165, 1.54) is 0 Å². The van der Waals surface area contributed by atoms with Gasteiger partial charge >= 0.3 is 0 Å². The van der Waals surface area contributed by atoms with Gasteiger partial charge in [0.15, 0.2) is 0 Å². The first-order valence-electron chi connectivity index (χ1n) is 5.71. The van der Waals surface area contributed by atoms with E-state index in [2.05, 4.69) is 28.8 Å². The van der Waals surface area contributed by atoms with E-state index < -0.39 is 0 Å². The first-order valence-corrected chi connectivity index (χ1v) is 5.71. The van der Waals surface area contributed by atoms with Gasteiger partial charge in [-0.25, -0.2) is 4.98 Å². The lowest BCUT2D eigenvalue weighted by molar-refractivity contribution is 0.233. The number of aromatic nitrogens is 1. The summed E-state index contributed by atoms with van der Waals surface area (Å²) < 4.78 is 0. The molecule has 0 amide bonds. The highest BCUT2D eigenvalue weighted by Gasteiger charge is 2.21. The maximum atomic E-state index is 9.10. The molecule has 2 rings (SSSR count). The van der Waals surface area contributed by atoms with Crippen LogP contribution in [0.5, 0.6) is 0 Å². The van der Waals surface area contributed by atoms with Gasteiger partial charge in [0, 0.05) is 31.9 Å². The predicted octanol–water partition coefficient (Wildman–Crippen LogP) is 0.714. The zero-order chi connectivity index (χ0) is 11.5. The van der Waals surface area contributed by atoms with Crippen LogP contribution in [-0.2, 0) is 6.61 Å². The number of aliphatic hydroxyl groups excluding tert-OH is 1. The maximum absolute atomic E-state index is 9.10. The third-order valence-corrected chi connectivity index (χ3v) is 3.28. The Morgan fingerprint density at radius 2 is 2.31 bits per heavy atom. The maximum Gasteiger partial charge on any atom is 0.128 e. The predicted molar refractivity (Wildman–Crippen MR) is 64.5 cm³/mol. The second-order valence-corrected chi connectivity index (χ2v) is 4.46. The molecule has 0 bridgehead atoms. The van der Waals surface area contributed by atoms with Crippen molar-refractivity contribution in [3.63, 3.8) is 0 Å². The Hall–Kier alpha value is -1.13. The van der Waals surface area contributed by atoms with E-state index in [4.69, 9.17) is 5.11 Å². The summed E-state index contributed by atoms with van der Waals surface area (Å²) in [5, 5.41) is 9.10. The summed E-state index contributed by atoms with van der Waals surface area (Å²) >= 11 is 0. The highest BCUT2D eigenvalue weighted by atomic mass is 16.3. The SMILES string of the molecule is CC1CN(c2cc(CO)ccn2)CCN1C. The molecule has 1 atom stereocenters. The number of likely N-dealkylation sites (N-methyl/N-ethyl adjacent to an activating group) is 1. The van der Waals surface area contributed by atoms with Gasteiger partial charge in [0.2, 0.25) is 0 Å². The van der Waals surface area contributed by atoms with E-state index in [1.807, 2.05) is 12.1 Å². The number of hydrogen-bond donors (Lipinski definition) is 1. The fourth-order valence-corrected chi connectivity index (χ4v) is 1.99. The second kappa shape index (κ2) is 4.80. The van der Waals surface area contributed by atoms with Crippen molar-refractivity contribution in [1.29, 1.82) is 0 Å². The smallest absolute Gasteiger partial charge is 0.128 e. The van der Waals surface area contributed by atoms with Crippen molar-refractivity contribution in [2.45, 2.75) is 19.6 Å². The standard InChI is InChI=1S/C12H19N3O/c1-10-8-15(6-5-14(10)2)12-7-11(9-16)3-4-13-12/h3-4,7,10,16H,5-6,8-9H2,1-2H3. The zero-order valence-corrected chi connectivity index (χ0v) is 9.93. The van der Waals surface area contributed by atoms with E-state index in [9.17, 15) is 0 Å². The Labute approximate surface area is 96.5 Å². The van der Waals surface area contributed by atoms with Crippen LogP contribution in [0.15, 0.2) is 18.3 Å². The van der Waals surface area contributed by atoms with Crippen LogP contribution in [0, 0.1) is 0 Å². The lowest BCUT2D eigenvalue weighted by Crippen LogP contribution is -2.50. The van der Waals surface area contributed by atoms with Crippen molar-refractivity contribution in [1.82, 2.24) is 9.88 Å². The third-order valence-electron chi connectivity index (χ3n) is 3.28. The zero-order valence-electron chi connectivity index (χ0n) is 9.93. The molecule has 88 valence electrons. The van der Waals surface area contributed by atoms with E-state index in [1.54, 1.807) is 6.20 Å². The van der Waals surface area contributed by atoms with Crippen molar-refractivity contribution in [2.75, 3.05) is 31.6 Å². The Balaban J connectivity index is 2.12. The minimum Gasteiger partial charge on any atom is -0.392 e. The Kier molecular flexibility index (Phi) is 3.41. The Morgan fingerprint density at radius 3 is 3.00 bits per heavy atom. The third kappa shape index (κ3) is 2.33. The minimum absolute atomic E-state index is 0.0822. The lowest BCUT2D eigenvalue weighted by Gasteiger charge is -2.38. The number of nitrogens with zero attached hydrogens (tertiary/aromatic N) is 3. The first kappa shape index (κ1) is 11.4. The first-order chi connectivity index (χ1) is 7.70. The second-order valence-electron chi connectivity index (χ2n) is 4.46. The summed E-state index contributed by atoms with van der Waals surface area (Å²) in [5.74, 6) is 0.978. The van der Waals surface area contributed by atoms with Crippen molar-refractivity contribution in [3.05, 3.63) is 23.9 Å². The number of pyridine rings is 1. The number of rotatable bonds is 2. The topological polar surface area (TPSA) is 39.6 Å². The van der Waals surface area contributed by atoms with Gasteiger partial charge in [-0.2, -0.15) is 0 Å². The number of piperazine rings is 1. The van der Waals surface area contributed by atoms with Crippen LogP contribution in [0.2, 0.25) is 0 Å². The monoisotopic (exact) mass is 221 g/mol. The molecule has 0 spiro atoms. The molecule has 1 saturated heterocycles. The van der Waals surface area contributed by atoms with Gasteiger partial charge in [-0.05, 0) is 31.7 Å². The summed E-state index contributed by atoms with van der Waals surface area (Å²) in [6.45, 7) is 5.37. The average Bonchev–Trinajstić information content (AvgIpc) is 2.33. The van der Waals surface area contributed by atoms with Crippen LogP contribution < -0.4 is 4.90 Å². The molecule has 1 unspecified atom stereocenters. The van der Waals surface area contributed by atoms with Crippen LogP contribution in [0.4, 0.5) is 5.82 Å². The molecule has 0 aromatic carbocycles. The van der Waals surface area contributed by atoms with Crippen molar-refractivity contribution < 1.29 is 5.11 Å². The fourth-order valence-electron chi connectivity index (χ4n) is 1.99. The molecular formula is C12H19N3O. The van der Waals surface area contributed by atoms with E-state index in [0.29, 0.717) is 6.04 Å². The molecule has 2 heterocycles. The highest BCUT2D eigenvalue weighted by Crippen LogP contribution is 2.17. The van der Waals surface area contributed by atoms with Crippen LogP contribution in [-0.4, -0.2) is 47.7 Å². The van der Waals surface area contributed by atoms with E-state index in [-0.39, 0.29) is 6.61 Å². The quantitative estimate of drug-likeness (QED) is 0.798. The molecule has 4 nitrogen and oxygen atoms in total. The van der Waals surface area contributed by atoms with Gasteiger partial charge in [-0.1, -0.05) is 0 Å². The Morgan fingerprint density at radius 1 is 1.50 bits per heavy atom. The summed E-state index contributed by atoms with van der Waals surface area (Å²) in [4.78, 5) is 9.00. The molecule has 4 heteroatoms. The number of hydrogen-bond acceptors (Lipinski definition) is 4. The summed E-state index contributed by atoms with van der Waals surface area (Å²) in [6, 6.07) is 4.37. The number of aliphatic hydroxyl groups is 1. The molecule has 1 fully saturated rings. The van der Waals surface area contributed by atoms with Crippen LogP contribution in [0.3, 0.4) is 0 Å². The van der Waals surface area contributed by atoms with E-state index >= 15 is 0 Å². The van der Waals surface area contributed by atoms with Gasteiger partial charge in [-0.3, -0.25) is 0 Å². The summed E-state index contributed by atoms with van der Waals surface area (Å²) in [7, 11) is 2.15. The van der Waals surface area contributed by atoms with Crippen molar-refractivity contribution in [2.24, 2.45) is 0 Å². The largest absolute Gasteiger partial charge is 0.392 e. The van der Waals surface area contributed by atoms with Crippen LogP contribution in [0.25, 0.3) is 0 Å². The molecule has 1 aromatic heterocycles. The van der Waals surface area contributed by atoms with Gasteiger partial charge < -0.3 is 14.9 Å². The lowest BCUT2D eigenvalue weighted by atomic mass is 10.2. The highest BCUT2D eigenvalue weighted by molar-refractivity contribution is 5.41. The molecule has 0 radical (unpaired) electrons. The van der Waals surface area contributed by atoms with Crippen LogP contribution >= 0.6 is 0 Å². The van der Waals surface area contributed by atoms with Crippen LogP contribution in [0.1, 0.15) is 12.5 Å². The molecule has 0 aliphatic carbocycles. The van der Waals surface area contributed by atoms with Gasteiger partial charge in [-0.15, -0.1) is 0 Å². The fraction of sp³-hybridized carbons (Fsp3) is 0.583. The molecule has 0 saturated carbocycles. The molecule has 1 aromatic rings. The molecule has 1 aliphatic heterocycles.